The van der Waals surface area contributed by atoms with E-state index in [9.17, 15) is 0 Å². The summed E-state index contributed by atoms with van der Waals surface area (Å²) in [5.74, 6) is 0.663. The molecule has 7 aromatic carbocycles. The van der Waals surface area contributed by atoms with Crippen molar-refractivity contribution in [1.29, 1.82) is 0 Å². The molecule has 9 aromatic rings. The molecule has 0 N–H and O–H groups in total. The minimum absolute atomic E-state index is 0.663. The topological polar surface area (TPSA) is 34.0 Å². The van der Waals surface area contributed by atoms with Crippen LogP contribution in [0.4, 0.5) is 17.1 Å². The fourth-order valence-corrected chi connectivity index (χ4v) is 6.89. The average Bonchev–Trinajstić information content (AvgIpc) is 3.52. The Kier molecular flexibility index (Phi) is 7.45. The number of anilines is 3. The van der Waals surface area contributed by atoms with Gasteiger partial charge in [-0.3, -0.25) is 0 Å². The van der Waals surface area contributed by atoms with Gasteiger partial charge in [0.2, 0.25) is 0 Å². The zero-order valence-electron chi connectivity index (χ0n) is 27.3. The molecular formula is C46H32N4. The van der Waals surface area contributed by atoms with Gasteiger partial charge in [-0.05, 0) is 60.7 Å². The van der Waals surface area contributed by atoms with Gasteiger partial charge >= 0.3 is 0 Å². The fraction of sp³-hybridized carbons (Fsp3) is 0. The summed E-state index contributed by atoms with van der Waals surface area (Å²) in [6.45, 7) is 0. The Morgan fingerprint density at radius 1 is 0.400 bits per heavy atom. The Bertz CT molecular complexity index is 2470. The predicted molar refractivity (Wildman–Crippen MR) is 207 cm³/mol. The summed E-state index contributed by atoms with van der Waals surface area (Å²) in [4.78, 5) is 13.0. The molecule has 0 atom stereocenters. The van der Waals surface area contributed by atoms with Gasteiger partial charge in [0.15, 0.2) is 5.82 Å². The Morgan fingerprint density at radius 3 is 1.44 bits per heavy atom. The second-order valence-electron chi connectivity index (χ2n) is 12.3. The lowest BCUT2D eigenvalue weighted by molar-refractivity contribution is 1.16. The number of hydrogen-bond donors (Lipinski definition) is 0. The molecule has 0 fully saturated rings. The minimum Gasteiger partial charge on any atom is -0.310 e. The van der Waals surface area contributed by atoms with Gasteiger partial charge in [-0.15, -0.1) is 0 Å². The lowest BCUT2D eigenvalue weighted by Crippen LogP contribution is -2.12. The van der Waals surface area contributed by atoms with E-state index in [-0.39, 0.29) is 0 Å². The van der Waals surface area contributed by atoms with Gasteiger partial charge < -0.3 is 9.47 Å². The first kappa shape index (κ1) is 29.4. The van der Waals surface area contributed by atoms with E-state index in [0.29, 0.717) is 5.82 Å². The summed E-state index contributed by atoms with van der Waals surface area (Å²) in [5, 5.41) is 2.31. The molecule has 0 saturated heterocycles. The Hall–Kier alpha value is -6.78. The van der Waals surface area contributed by atoms with Gasteiger partial charge in [0, 0.05) is 44.5 Å². The van der Waals surface area contributed by atoms with E-state index in [1.54, 1.807) is 0 Å². The van der Waals surface area contributed by atoms with Crippen molar-refractivity contribution < 1.29 is 0 Å². The number of fused-ring (bicyclic) bond motifs is 3. The van der Waals surface area contributed by atoms with Crippen LogP contribution in [-0.4, -0.2) is 14.5 Å². The first-order chi connectivity index (χ1) is 24.8. The predicted octanol–water partition coefficient (Wildman–Crippen LogP) is 12.0. The van der Waals surface area contributed by atoms with Crippen LogP contribution in [0.15, 0.2) is 194 Å². The Balaban J connectivity index is 1.41. The highest BCUT2D eigenvalue weighted by Gasteiger charge is 2.24. The molecule has 0 unspecified atom stereocenters. The second-order valence-corrected chi connectivity index (χ2v) is 12.3. The van der Waals surface area contributed by atoms with Crippen molar-refractivity contribution in [3.63, 3.8) is 0 Å². The largest absolute Gasteiger partial charge is 0.310 e. The van der Waals surface area contributed by atoms with Crippen LogP contribution in [0.3, 0.4) is 0 Å². The van der Waals surface area contributed by atoms with Crippen LogP contribution in [-0.2, 0) is 0 Å². The summed E-state index contributed by atoms with van der Waals surface area (Å²) < 4.78 is 2.36. The van der Waals surface area contributed by atoms with Crippen LogP contribution in [0, 0.1) is 0 Å². The molecule has 0 aliphatic carbocycles. The Morgan fingerprint density at radius 2 is 0.880 bits per heavy atom. The quantitative estimate of drug-likeness (QED) is 0.174. The third kappa shape index (κ3) is 5.29. The van der Waals surface area contributed by atoms with E-state index in [1.165, 1.54) is 5.39 Å². The maximum absolute atomic E-state index is 5.34. The summed E-state index contributed by atoms with van der Waals surface area (Å²) in [5.41, 5.74) is 11.2. The molecule has 4 heteroatoms. The number of rotatable bonds is 7. The highest BCUT2D eigenvalue weighted by atomic mass is 15.2. The second kappa shape index (κ2) is 12.7. The summed E-state index contributed by atoms with van der Waals surface area (Å²) in [7, 11) is 0. The lowest BCUT2D eigenvalue weighted by atomic mass is 10.0. The number of aromatic nitrogens is 3. The van der Waals surface area contributed by atoms with Gasteiger partial charge in [-0.25, -0.2) is 9.97 Å². The van der Waals surface area contributed by atoms with Crippen molar-refractivity contribution in [1.82, 2.24) is 14.5 Å². The molecule has 4 nitrogen and oxygen atoms in total. The first-order valence-electron chi connectivity index (χ1n) is 16.8. The van der Waals surface area contributed by atoms with Crippen molar-refractivity contribution in [3.8, 4) is 39.6 Å². The fourth-order valence-electron chi connectivity index (χ4n) is 6.89. The van der Waals surface area contributed by atoms with Crippen LogP contribution >= 0.6 is 0 Å². The van der Waals surface area contributed by atoms with Crippen LogP contribution in [0.2, 0.25) is 0 Å². The van der Waals surface area contributed by atoms with Crippen LogP contribution < -0.4 is 4.90 Å². The monoisotopic (exact) mass is 640 g/mol. The van der Waals surface area contributed by atoms with E-state index in [4.69, 9.17) is 9.97 Å². The first-order valence-corrected chi connectivity index (χ1v) is 16.8. The van der Waals surface area contributed by atoms with E-state index in [2.05, 4.69) is 191 Å². The third-order valence-corrected chi connectivity index (χ3v) is 9.18. The molecule has 2 heterocycles. The number of para-hydroxylation sites is 4. The van der Waals surface area contributed by atoms with E-state index in [1.807, 2.05) is 12.1 Å². The number of nitrogens with zero attached hydrogens (tertiary/aromatic N) is 4. The third-order valence-electron chi connectivity index (χ3n) is 9.18. The summed E-state index contributed by atoms with van der Waals surface area (Å²) >= 11 is 0. The van der Waals surface area contributed by atoms with Gasteiger partial charge in [-0.1, -0.05) is 133 Å². The van der Waals surface area contributed by atoms with Crippen LogP contribution in [0.25, 0.3) is 61.4 Å². The lowest BCUT2D eigenvalue weighted by Gasteiger charge is -2.28. The van der Waals surface area contributed by atoms with E-state index < -0.39 is 0 Å². The molecule has 9 rings (SSSR count). The highest BCUT2D eigenvalue weighted by molar-refractivity contribution is 6.12. The molecule has 0 spiro atoms. The number of hydrogen-bond acceptors (Lipinski definition) is 3. The van der Waals surface area contributed by atoms with Crippen molar-refractivity contribution in [2.75, 3.05) is 4.90 Å². The zero-order chi connectivity index (χ0) is 33.3. The highest BCUT2D eigenvalue weighted by Crippen LogP contribution is 2.45. The molecule has 2 aromatic heterocycles. The standard InChI is InChI=1S/C46H32N4/c1-6-18-33(19-7-1)41-31-42(34-20-8-2-9-21-34)48-46(47-41)40-30-39-38-28-16-17-29-43(38)50(37-26-14-5-15-27-37)44(39)32-45(40)49(35-22-10-3-11-23-35)36-24-12-4-13-25-36/h1-32H. The van der Waals surface area contributed by atoms with E-state index >= 15 is 0 Å². The smallest absolute Gasteiger partial charge is 0.162 e. The maximum atomic E-state index is 5.34. The molecule has 50 heavy (non-hydrogen) atoms. The normalized spacial score (nSPS) is 11.2. The van der Waals surface area contributed by atoms with Crippen LogP contribution in [0.1, 0.15) is 0 Å². The molecule has 0 saturated carbocycles. The van der Waals surface area contributed by atoms with Crippen molar-refractivity contribution in [3.05, 3.63) is 194 Å². The molecule has 0 amide bonds. The molecule has 0 radical (unpaired) electrons. The summed E-state index contributed by atoms with van der Waals surface area (Å²) in [6.07, 6.45) is 0. The Labute approximate surface area is 291 Å². The molecule has 236 valence electrons. The maximum Gasteiger partial charge on any atom is 0.162 e. The molecule has 0 aliphatic heterocycles. The molecular weight excluding hydrogens is 609 g/mol. The van der Waals surface area contributed by atoms with Crippen molar-refractivity contribution in [2.45, 2.75) is 0 Å². The zero-order valence-corrected chi connectivity index (χ0v) is 27.3. The van der Waals surface area contributed by atoms with Crippen LogP contribution in [0.5, 0.6) is 0 Å². The van der Waals surface area contributed by atoms with Crippen molar-refractivity contribution in [2.24, 2.45) is 0 Å². The summed E-state index contributed by atoms with van der Waals surface area (Å²) in [6, 6.07) is 67.8. The van der Waals surface area contributed by atoms with Gasteiger partial charge in [0.05, 0.1) is 28.1 Å². The minimum atomic E-state index is 0.663. The van der Waals surface area contributed by atoms with Gasteiger partial charge in [0.1, 0.15) is 0 Å². The average molecular weight is 641 g/mol. The molecule has 0 aliphatic rings. The van der Waals surface area contributed by atoms with E-state index in [0.717, 1.165) is 67.2 Å². The molecule has 0 bridgehead atoms. The van der Waals surface area contributed by atoms with Gasteiger partial charge in [0.25, 0.3) is 0 Å². The van der Waals surface area contributed by atoms with Crippen molar-refractivity contribution >= 4 is 38.9 Å². The number of benzene rings is 7. The van der Waals surface area contributed by atoms with Gasteiger partial charge in [-0.2, -0.15) is 0 Å². The SMILES string of the molecule is c1ccc(-c2cc(-c3ccccc3)nc(-c3cc4c5ccccc5n(-c5ccccc5)c4cc3N(c3ccccc3)c3ccccc3)n2)cc1.